The summed E-state index contributed by atoms with van der Waals surface area (Å²) in [5.41, 5.74) is 9.35. The van der Waals surface area contributed by atoms with Crippen LogP contribution in [0.2, 0.25) is 0 Å². The molecule has 5 heterocycles. The fourth-order valence-electron chi connectivity index (χ4n) is 6.56. The highest BCUT2D eigenvalue weighted by molar-refractivity contribution is 6.10. The molecule has 3 aromatic heterocycles. The number of ether oxygens (including phenoxy) is 1. The SMILES string of the molecule is Cc1ncn(C)c1-c1cnc2c3cc4c(cc3n([C@H](c3ccccc3)C3CCOCC3)c2c1)C(=O)N(C)C4. The quantitative estimate of drug-likeness (QED) is 0.324. The first-order chi connectivity index (χ1) is 18.5. The number of pyridine rings is 1. The Balaban J connectivity index is 1.56. The molecule has 1 saturated heterocycles. The Morgan fingerprint density at radius 3 is 2.53 bits per heavy atom. The van der Waals surface area contributed by atoms with Gasteiger partial charge in [-0.05, 0) is 55.0 Å². The molecule has 2 aliphatic rings. The van der Waals surface area contributed by atoms with Crippen molar-refractivity contribution in [2.45, 2.75) is 32.4 Å². The normalized spacial score (nSPS) is 17.0. The van der Waals surface area contributed by atoms with Gasteiger partial charge < -0.3 is 18.8 Å². The standard InChI is InChI=1S/C31H31N5O2/c1-19-29(35(3)18-33-19)22-14-27-28(32-16-22)25-13-23-17-34(2)31(37)24(23)15-26(25)36(27)30(20-7-5-4-6-8-20)21-9-11-38-12-10-21/h4-8,13-16,18,21,30H,9-12,17H2,1-3H3/t30-/m1/s1. The second-order valence-electron chi connectivity index (χ2n) is 10.7. The summed E-state index contributed by atoms with van der Waals surface area (Å²) in [6.07, 6.45) is 5.79. The van der Waals surface area contributed by atoms with E-state index >= 15 is 0 Å². The van der Waals surface area contributed by atoms with Gasteiger partial charge in [-0.3, -0.25) is 9.78 Å². The van der Waals surface area contributed by atoms with Crippen molar-refractivity contribution in [2.24, 2.45) is 13.0 Å². The van der Waals surface area contributed by atoms with E-state index in [1.165, 1.54) is 5.56 Å². The molecule has 0 saturated carbocycles. The smallest absolute Gasteiger partial charge is 0.254 e. The molecule has 0 bridgehead atoms. The number of carbonyl (C=O) groups is 1. The van der Waals surface area contributed by atoms with Gasteiger partial charge in [0.15, 0.2) is 0 Å². The topological polar surface area (TPSA) is 65.2 Å². The van der Waals surface area contributed by atoms with E-state index in [9.17, 15) is 4.79 Å². The first kappa shape index (κ1) is 23.2. The predicted octanol–water partition coefficient (Wildman–Crippen LogP) is 5.50. The van der Waals surface area contributed by atoms with Gasteiger partial charge in [-0.25, -0.2) is 4.98 Å². The van der Waals surface area contributed by atoms with Crippen LogP contribution >= 0.6 is 0 Å². The zero-order valence-corrected chi connectivity index (χ0v) is 22.0. The summed E-state index contributed by atoms with van der Waals surface area (Å²) in [7, 11) is 3.89. The number of aromatic nitrogens is 4. The molecule has 2 aromatic carbocycles. The maximum atomic E-state index is 13.1. The number of nitrogens with zero attached hydrogens (tertiary/aromatic N) is 5. The lowest BCUT2D eigenvalue weighted by atomic mass is 9.86. The van der Waals surface area contributed by atoms with Crippen LogP contribution in [0.3, 0.4) is 0 Å². The summed E-state index contributed by atoms with van der Waals surface area (Å²) in [6.45, 7) is 4.20. The predicted molar refractivity (Wildman–Crippen MR) is 148 cm³/mol. The highest BCUT2D eigenvalue weighted by atomic mass is 16.5. The van der Waals surface area contributed by atoms with Crippen molar-refractivity contribution in [3.63, 3.8) is 0 Å². The van der Waals surface area contributed by atoms with Gasteiger partial charge in [0.2, 0.25) is 0 Å². The Bertz CT molecular complexity index is 1670. The van der Waals surface area contributed by atoms with Crippen LogP contribution in [0.5, 0.6) is 0 Å². The van der Waals surface area contributed by atoms with Crippen LogP contribution in [0, 0.1) is 12.8 Å². The van der Waals surface area contributed by atoms with Crippen molar-refractivity contribution in [1.82, 2.24) is 24.0 Å². The molecule has 7 heteroatoms. The molecular weight excluding hydrogens is 474 g/mol. The minimum absolute atomic E-state index is 0.0835. The number of hydrogen-bond acceptors (Lipinski definition) is 4. The molecule has 1 fully saturated rings. The number of imidazole rings is 1. The molecule has 2 aliphatic heterocycles. The van der Waals surface area contributed by atoms with Crippen molar-refractivity contribution >= 4 is 27.8 Å². The molecule has 7 rings (SSSR count). The van der Waals surface area contributed by atoms with Crippen LogP contribution in [-0.4, -0.2) is 50.2 Å². The lowest BCUT2D eigenvalue weighted by Gasteiger charge is -2.33. The number of fused-ring (bicyclic) bond motifs is 4. The third-order valence-electron chi connectivity index (χ3n) is 8.37. The van der Waals surface area contributed by atoms with E-state index < -0.39 is 0 Å². The molecule has 5 aromatic rings. The summed E-state index contributed by atoms with van der Waals surface area (Å²) < 4.78 is 10.3. The largest absolute Gasteiger partial charge is 0.381 e. The van der Waals surface area contributed by atoms with Gasteiger partial charge in [-0.2, -0.15) is 0 Å². The Labute approximate surface area is 221 Å². The minimum atomic E-state index is 0.0835. The zero-order chi connectivity index (χ0) is 26.0. The fourth-order valence-corrected chi connectivity index (χ4v) is 6.56. The molecule has 7 nitrogen and oxygen atoms in total. The number of amides is 1. The molecule has 38 heavy (non-hydrogen) atoms. The van der Waals surface area contributed by atoms with Gasteiger partial charge in [-0.1, -0.05) is 30.3 Å². The highest BCUT2D eigenvalue weighted by Crippen LogP contribution is 2.42. The van der Waals surface area contributed by atoms with Crippen LogP contribution < -0.4 is 0 Å². The first-order valence-electron chi connectivity index (χ1n) is 13.3. The van der Waals surface area contributed by atoms with E-state index in [4.69, 9.17) is 9.72 Å². The van der Waals surface area contributed by atoms with Crippen LogP contribution in [0.25, 0.3) is 33.2 Å². The maximum Gasteiger partial charge on any atom is 0.254 e. The van der Waals surface area contributed by atoms with Crippen molar-refractivity contribution in [2.75, 3.05) is 20.3 Å². The van der Waals surface area contributed by atoms with E-state index in [1.54, 1.807) is 4.90 Å². The van der Waals surface area contributed by atoms with Crippen LogP contribution in [0.4, 0.5) is 0 Å². The van der Waals surface area contributed by atoms with Gasteiger partial charge in [0.05, 0.1) is 40.3 Å². The van der Waals surface area contributed by atoms with Gasteiger partial charge in [0.1, 0.15) is 0 Å². The summed E-state index contributed by atoms with van der Waals surface area (Å²) in [6, 6.07) is 17.4. The third-order valence-corrected chi connectivity index (χ3v) is 8.37. The molecule has 0 aliphatic carbocycles. The van der Waals surface area contributed by atoms with Crippen molar-refractivity contribution in [1.29, 1.82) is 0 Å². The second kappa shape index (κ2) is 8.81. The Kier molecular flexibility index (Phi) is 5.37. The zero-order valence-electron chi connectivity index (χ0n) is 22.0. The number of rotatable bonds is 4. The summed E-state index contributed by atoms with van der Waals surface area (Å²) in [4.78, 5) is 24.5. The van der Waals surface area contributed by atoms with Gasteiger partial charge in [-0.15, -0.1) is 0 Å². The maximum absolute atomic E-state index is 13.1. The van der Waals surface area contributed by atoms with E-state index in [0.29, 0.717) is 12.5 Å². The number of hydrogen-bond donors (Lipinski definition) is 0. The highest BCUT2D eigenvalue weighted by Gasteiger charge is 2.32. The van der Waals surface area contributed by atoms with E-state index in [-0.39, 0.29) is 11.9 Å². The summed E-state index contributed by atoms with van der Waals surface area (Å²) in [5, 5.41) is 1.10. The summed E-state index contributed by atoms with van der Waals surface area (Å²) in [5.74, 6) is 0.485. The van der Waals surface area contributed by atoms with E-state index in [0.717, 1.165) is 76.1 Å². The first-order valence-corrected chi connectivity index (χ1v) is 13.3. The molecule has 0 spiro atoms. The average molecular weight is 506 g/mol. The number of carbonyl (C=O) groups excluding carboxylic acids is 1. The van der Waals surface area contributed by atoms with Crippen LogP contribution in [-0.2, 0) is 18.3 Å². The fraction of sp³-hybridized carbons (Fsp3) is 0.323. The number of benzene rings is 2. The Hall–Kier alpha value is -3.97. The Morgan fingerprint density at radius 2 is 1.79 bits per heavy atom. The molecule has 0 radical (unpaired) electrons. The van der Waals surface area contributed by atoms with E-state index in [2.05, 4.69) is 62.6 Å². The Morgan fingerprint density at radius 1 is 1.00 bits per heavy atom. The molecule has 0 unspecified atom stereocenters. The molecule has 1 amide bonds. The lowest BCUT2D eigenvalue weighted by molar-refractivity contribution is 0.0553. The van der Waals surface area contributed by atoms with Gasteiger partial charge in [0.25, 0.3) is 5.91 Å². The van der Waals surface area contributed by atoms with Crippen molar-refractivity contribution < 1.29 is 9.53 Å². The monoisotopic (exact) mass is 505 g/mol. The second-order valence-corrected chi connectivity index (χ2v) is 10.7. The van der Waals surface area contributed by atoms with Crippen LogP contribution in [0.15, 0.2) is 61.1 Å². The minimum Gasteiger partial charge on any atom is -0.381 e. The molecule has 192 valence electrons. The summed E-state index contributed by atoms with van der Waals surface area (Å²) >= 11 is 0. The van der Waals surface area contributed by atoms with Crippen molar-refractivity contribution in [3.8, 4) is 11.3 Å². The van der Waals surface area contributed by atoms with Gasteiger partial charge in [0, 0.05) is 56.6 Å². The lowest BCUT2D eigenvalue weighted by Crippen LogP contribution is -2.27. The molecular formula is C31H31N5O2. The van der Waals surface area contributed by atoms with Crippen molar-refractivity contribution in [3.05, 3.63) is 83.4 Å². The average Bonchev–Trinajstić information content (AvgIpc) is 3.54. The van der Waals surface area contributed by atoms with E-state index in [1.807, 2.05) is 33.5 Å². The third kappa shape index (κ3) is 3.49. The molecule has 0 N–H and O–H groups in total. The molecule has 1 atom stereocenters. The van der Waals surface area contributed by atoms with Crippen LogP contribution in [0.1, 0.15) is 46.1 Å². The number of aryl methyl sites for hydroxylation is 2. The van der Waals surface area contributed by atoms with Gasteiger partial charge >= 0.3 is 0 Å².